The van der Waals surface area contributed by atoms with Crippen molar-refractivity contribution in [2.75, 3.05) is 0 Å². The van der Waals surface area contributed by atoms with Crippen molar-refractivity contribution < 1.29 is 0 Å². The summed E-state index contributed by atoms with van der Waals surface area (Å²) in [5, 5.41) is 1.05. The Morgan fingerprint density at radius 3 is 1.47 bits per heavy atom. The second kappa shape index (κ2) is 4.74. The van der Waals surface area contributed by atoms with Crippen LogP contribution in [0.25, 0.3) is 0 Å². The Hall–Kier alpha value is 0.430. The first-order valence-corrected chi connectivity index (χ1v) is 7.93. The van der Waals surface area contributed by atoms with Gasteiger partial charge >= 0.3 is 0 Å². The third kappa shape index (κ3) is 3.74. The highest BCUT2D eigenvalue weighted by molar-refractivity contribution is 7.61. The van der Waals surface area contributed by atoms with E-state index in [1.54, 1.807) is 0 Å². The van der Waals surface area contributed by atoms with Crippen LogP contribution in [-0.4, -0.2) is 16.0 Å². The van der Waals surface area contributed by atoms with Crippen molar-refractivity contribution in [1.29, 1.82) is 0 Å². The Morgan fingerprint density at radius 2 is 1.13 bits per heavy atom. The second-order valence-electron chi connectivity index (χ2n) is 7.00. The van der Waals surface area contributed by atoms with Gasteiger partial charge in [0.2, 0.25) is 0 Å². The molecule has 0 aromatic rings. The van der Waals surface area contributed by atoms with Crippen molar-refractivity contribution in [1.82, 2.24) is 0 Å². The zero-order chi connectivity index (χ0) is 11.7. The van der Waals surface area contributed by atoms with Crippen molar-refractivity contribution in [3.8, 4) is 0 Å². The van der Waals surface area contributed by atoms with Crippen LogP contribution in [0.1, 0.15) is 73.6 Å². The van der Waals surface area contributed by atoms with E-state index < -0.39 is 0 Å². The normalized spacial score (nSPS) is 21.0. The quantitative estimate of drug-likeness (QED) is 0.527. The monoisotopic (exact) mass is 228 g/mol. The summed E-state index contributed by atoms with van der Waals surface area (Å²) in [6.07, 6.45) is 7.44. The number of rotatable bonds is 1. The molecule has 0 amide bonds. The van der Waals surface area contributed by atoms with Gasteiger partial charge in [-0.2, -0.15) is 0 Å². The molecule has 0 bridgehead atoms. The molecule has 1 aliphatic rings. The average Bonchev–Trinajstić information content (AvgIpc) is 2.00. The van der Waals surface area contributed by atoms with Crippen molar-refractivity contribution in [2.24, 2.45) is 0 Å². The lowest BCUT2D eigenvalue weighted by Crippen LogP contribution is -2.32. The van der Waals surface area contributed by atoms with Crippen molar-refractivity contribution in [2.45, 2.75) is 89.6 Å². The van der Waals surface area contributed by atoms with Crippen molar-refractivity contribution in [3.63, 3.8) is 0 Å². The first-order chi connectivity index (χ1) is 6.73. The fourth-order valence-electron chi connectivity index (χ4n) is 3.44. The van der Waals surface area contributed by atoms with Gasteiger partial charge in [0.05, 0.1) is 0 Å². The Kier molecular flexibility index (Phi) is 4.27. The van der Waals surface area contributed by atoms with Gasteiger partial charge in [0.25, 0.3) is 0 Å². The zero-order valence-corrected chi connectivity index (χ0v) is 12.5. The van der Waals surface area contributed by atoms with E-state index in [2.05, 4.69) is 41.5 Å². The molecule has 0 heterocycles. The summed E-state index contributed by atoms with van der Waals surface area (Å²) in [4.78, 5) is 0. The summed E-state index contributed by atoms with van der Waals surface area (Å²) in [5.41, 5.74) is 1.04. The van der Waals surface area contributed by atoms with Crippen LogP contribution in [0, 0.1) is 0 Å². The van der Waals surface area contributed by atoms with E-state index in [1.807, 2.05) is 0 Å². The van der Waals surface area contributed by atoms with Gasteiger partial charge in [-0.05, 0) is 28.8 Å². The van der Waals surface area contributed by atoms with Crippen molar-refractivity contribution >= 4 is 7.92 Å². The molecule has 0 nitrogen and oxygen atoms in total. The lowest BCUT2D eigenvalue weighted by Gasteiger charge is -2.47. The summed E-state index contributed by atoms with van der Waals surface area (Å²) in [5.74, 6) is 0. The Labute approximate surface area is 98.0 Å². The van der Waals surface area contributed by atoms with Gasteiger partial charge in [-0.25, -0.2) is 0 Å². The molecule has 0 aromatic heterocycles. The minimum Gasteiger partial charge on any atom is -0.0924 e. The van der Waals surface area contributed by atoms with Crippen LogP contribution >= 0.6 is 7.92 Å². The van der Waals surface area contributed by atoms with Gasteiger partial charge in [-0.1, -0.05) is 68.7 Å². The molecule has 0 spiro atoms. The molecule has 0 aromatic carbocycles. The molecule has 0 atom stereocenters. The van der Waals surface area contributed by atoms with Crippen molar-refractivity contribution in [3.05, 3.63) is 0 Å². The third-order valence-corrected chi connectivity index (χ3v) is 7.52. The topological polar surface area (TPSA) is 0 Å². The highest BCUT2D eigenvalue weighted by Crippen LogP contribution is 2.65. The molecule has 1 fully saturated rings. The zero-order valence-electron chi connectivity index (χ0n) is 11.6. The van der Waals surface area contributed by atoms with E-state index >= 15 is 0 Å². The largest absolute Gasteiger partial charge is 0.0924 e. The fraction of sp³-hybridized carbons (Fsp3) is 1.00. The predicted octanol–water partition coefficient (Wildman–Crippen LogP) is 5.40. The maximum Gasteiger partial charge on any atom is -0.0172 e. The van der Waals surface area contributed by atoms with Crippen LogP contribution in [0.5, 0.6) is 0 Å². The minimum absolute atomic E-state index is 0.139. The van der Waals surface area contributed by atoms with Crippen LogP contribution in [0.3, 0.4) is 0 Å². The molecule has 0 radical (unpaired) electrons. The second-order valence-corrected chi connectivity index (χ2v) is 11.2. The van der Waals surface area contributed by atoms with E-state index in [-0.39, 0.29) is 7.92 Å². The van der Waals surface area contributed by atoms with Crippen LogP contribution in [-0.2, 0) is 0 Å². The summed E-state index contributed by atoms with van der Waals surface area (Å²) in [7, 11) is 0.139. The van der Waals surface area contributed by atoms with Gasteiger partial charge in [0, 0.05) is 0 Å². The lowest BCUT2D eigenvalue weighted by atomic mass is 10.0. The molecule has 1 saturated carbocycles. The summed E-state index contributed by atoms with van der Waals surface area (Å²) >= 11 is 0. The van der Waals surface area contributed by atoms with Gasteiger partial charge in [0.15, 0.2) is 0 Å². The van der Waals surface area contributed by atoms with Crippen LogP contribution in [0.4, 0.5) is 0 Å². The molecule has 15 heavy (non-hydrogen) atoms. The maximum absolute atomic E-state index is 2.46. The molecule has 1 heteroatoms. The van der Waals surface area contributed by atoms with E-state index in [0.717, 1.165) is 5.66 Å². The molecule has 0 saturated heterocycles. The first kappa shape index (κ1) is 13.5. The van der Waals surface area contributed by atoms with Crippen LogP contribution < -0.4 is 0 Å². The average molecular weight is 228 g/mol. The molecular weight excluding hydrogens is 199 g/mol. The smallest absolute Gasteiger partial charge is 0.0172 e. The lowest BCUT2D eigenvalue weighted by molar-refractivity contribution is 0.497. The Morgan fingerprint density at radius 1 is 0.733 bits per heavy atom. The van der Waals surface area contributed by atoms with Crippen LogP contribution in [0.15, 0.2) is 0 Å². The summed E-state index contributed by atoms with van der Waals surface area (Å²) < 4.78 is 0. The van der Waals surface area contributed by atoms with E-state index in [1.165, 1.54) is 32.1 Å². The summed E-state index contributed by atoms with van der Waals surface area (Å²) in [6.45, 7) is 14.7. The molecule has 1 aliphatic carbocycles. The first-order valence-electron chi connectivity index (χ1n) is 6.52. The Bertz CT molecular complexity index is 174. The van der Waals surface area contributed by atoms with Gasteiger partial charge < -0.3 is 0 Å². The molecule has 0 unspecified atom stereocenters. The highest BCUT2D eigenvalue weighted by Gasteiger charge is 2.39. The van der Waals surface area contributed by atoms with E-state index in [4.69, 9.17) is 0 Å². The molecule has 1 rings (SSSR count). The molecule has 90 valence electrons. The van der Waals surface area contributed by atoms with E-state index in [0.29, 0.717) is 10.3 Å². The van der Waals surface area contributed by atoms with Gasteiger partial charge in [-0.15, -0.1) is 0 Å². The van der Waals surface area contributed by atoms with Gasteiger partial charge in [-0.3, -0.25) is 0 Å². The Balaban J connectivity index is 2.80. The van der Waals surface area contributed by atoms with Gasteiger partial charge in [0.1, 0.15) is 0 Å². The van der Waals surface area contributed by atoms with Crippen LogP contribution in [0.2, 0.25) is 0 Å². The maximum atomic E-state index is 2.46. The standard InChI is InChI=1S/C14H29P/c1-13(2,3)15(14(4,5)6)12-10-8-7-9-11-12/h12H,7-11H2,1-6H3. The molecule has 0 N–H and O–H groups in total. The SMILES string of the molecule is CC(C)(C)P(C1CCCCC1)C(C)(C)C. The minimum atomic E-state index is 0.139. The third-order valence-electron chi connectivity index (χ3n) is 3.39. The molecular formula is C14H29P. The number of hydrogen-bond acceptors (Lipinski definition) is 0. The fourth-order valence-corrected chi connectivity index (χ4v) is 8.53. The molecule has 0 aliphatic heterocycles. The highest BCUT2D eigenvalue weighted by atomic mass is 31.1. The summed E-state index contributed by atoms with van der Waals surface area (Å²) in [6, 6.07) is 0. The number of hydrogen-bond donors (Lipinski definition) is 0. The predicted molar refractivity (Wildman–Crippen MR) is 73.3 cm³/mol. The van der Waals surface area contributed by atoms with E-state index in [9.17, 15) is 0 Å².